The molecule has 120 valence electrons. The predicted octanol–water partition coefficient (Wildman–Crippen LogP) is 2.12. The number of nitrogens with zero attached hydrogens (tertiary/aromatic N) is 3. The van der Waals surface area contributed by atoms with Crippen molar-refractivity contribution in [1.29, 1.82) is 0 Å². The summed E-state index contributed by atoms with van der Waals surface area (Å²) in [6, 6.07) is 0.412. The van der Waals surface area contributed by atoms with Crippen LogP contribution in [0, 0.1) is 12.8 Å². The fourth-order valence-electron chi connectivity index (χ4n) is 3.82. The minimum Gasteiger partial charge on any atom is -0.481 e. The van der Waals surface area contributed by atoms with E-state index in [9.17, 15) is 0 Å². The van der Waals surface area contributed by atoms with Crippen molar-refractivity contribution in [2.45, 2.75) is 39.2 Å². The van der Waals surface area contributed by atoms with Gasteiger partial charge in [0.2, 0.25) is 5.88 Å². The van der Waals surface area contributed by atoms with Crippen molar-refractivity contribution in [3.05, 3.63) is 11.3 Å². The Labute approximate surface area is 128 Å². The molecular formula is C16H30N4O. The number of nitrogens with one attached hydrogen (secondary N) is 1. The van der Waals surface area contributed by atoms with Crippen molar-refractivity contribution in [3.8, 4) is 5.88 Å². The van der Waals surface area contributed by atoms with E-state index in [2.05, 4.69) is 29.2 Å². The molecule has 0 amide bonds. The third kappa shape index (κ3) is 3.24. The first-order valence-corrected chi connectivity index (χ1v) is 8.10. The lowest BCUT2D eigenvalue weighted by Gasteiger charge is -2.41. The van der Waals surface area contributed by atoms with Crippen LogP contribution in [-0.2, 0) is 7.05 Å². The maximum absolute atomic E-state index is 5.66. The molecule has 1 aromatic rings. The van der Waals surface area contributed by atoms with Gasteiger partial charge in [0.05, 0.1) is 18.4 Å². The summed E-state index contributed by atoms with van der Waals surface area (Å²) < 4.78 is 7.53. The average molecular weight is 294 g/mol. The van der Waals surface area contributed by atoms with E-state index in [1.54, 1.807) is 7.11 Å². The third-order valence-electron chi connectivity index (χ3n) is 4.54. The molecular weight excluding hydrogens is 264 g/mol. The van der Waals surface area contributed by atoms with E-state index in [4.69, 9.17) is 4.74 Å². The number of aromatic nitrogens is 2. The standard InChI is InChI=1S/C16H30N4O/c1-6-9-20-10-7-8-13(11-17-3)15(20)14-12(2)18-19(4)16(14)21-5/h13,15,17H,6-11H2,1-5H3. The molecule has 1 aliphatic heterocycles. The molecule has 0 aliphatic carbocycles. The van der Waals surface area contributed by atoms with Gasteiger partial charge in [-0.25, -0.2) is 4.68 Å². The van der Waals surface area contributed by atoms with Gasteiger partial charge in [-0.15, -0.1) is 0 Å². The maximum Gasteiger partial charge on any atom is 0.216 e. The molecule has 0 aromatic carbocycles. The highest BCUT2D eigenvalue weighted by atomic mass is 16.5. The molecule has 1 saturated heterocycles. The highest BCUT2D eigenvalue weighted by molar-refractivity contribution is 5.35. The van der Waals surface area contributed by atoms with Crippen LogP contribution in [-0.4, -0.2) is 48.5 Å². The Hall–Kier alpha value is -1.07. The summed E-state index contributed by atoms with van der Waals surface area (Å²) in [4.78, 5) is 2.62. The second-order valence-electron chi connectivity index (χ2n) is 6.07. The summed E-state index contributed by atoms with van der Waals surface area (Å²) in [5.41, 5.74) is 2.39. The van der Waals surface area contributed by atoms with Crippen molar-refractivity contribution in [1.82, 2.24) is 20.0 Å². The summed E-state index contributed by atoms with van der Waals surface area (Å²) in [6.45, 7) is 7.72. The molecule has 21 heavy (non-hydrogen) atoms. The predicted molar refractivity (Wildman–Crippen MR) is 85.8 cm³/mol. The second-order valence-corrected chi connectivity index (χ2v) is 6.07. The molecule has 5 nitrogen and oxygen atoms in total. The van der Waals surface area contributed by atoms with E-state index in [1.807, 2.05) is 18.8 Å². The molecule has 0 spiro atoms. The number of likely N-dealkylation sites (tertiary alicyclic amines) is 1. The van der Waals surface area contributed by atoms with Gasteiger partial charge >= 0.3 is 0 Å². The minimum absolute atomic E-state index is 0.412. The molecule has 2 unspecified atom stereocenters. The fraction of sp³-hybridized carbons (Fsp3) is 0.812. The van der Waals surface area contributed by atoms with Gasteiger partial charge in [-0.05, 0) is 58.8 Å². The topological polar surface area (TPSA) is 42.3 Å². The number of ether oxygens (including phenoxy) is 1. The van der Waals surface area contributed by atoms with Crippen LogP contribution in [0.1, 0.15) is 43.5 Å². The Bertz CT molecular complexity index is 439. The summed E-state index contributed by atoms with van der Waals surface area (Å²) in [5.74, 6) is 1.54. The number of rotatable bonds is 6. The van der Waals surface area contributed by atoms with E-state index < -0.39 is 0 Å². The average Bonchev–Trinajstić information content (AvgIpc) is 2.74. The number of hydrogen-bond acceptors (Lipinski definition) is 4. The first kappa shape index (κ1) is 16.3. The Morgan fingerprint density at radius 3 is 2.81 bits per heavy atom. The van der Waals surface area contributed by atoms with Crippen LogP contribution in [0.25, 0.3) is 0 Å². The number of hydrogen-bond donors (Lipinski definition) is 1. The highest BCUT2D eigenvalue weighted by Crippen LogP contribution is 2.41. The Morgan fingerprint density at radius 1 is 1.43 bits per heavy atom. The molecule has 2 heterocycles. The maximum atomic E-state index is 5.66. The lowest BCUT2D eigenvalue weighted by atomic mass is 9.84. The highest BCUT2D eigenvalue weighted by Gasteiger charge is 2.36. The zero-order chi connectivity index (χ0) is 15.4. The van der Waals surface area contributed by atoms with E-state index in [0.29, 0.717) is 12.0 Å². The van der Waals surface area contributed by atoms with Crippen molar-refractivity contribution < 1.29 is 4.74 Å². The zero-order valence-corrected chi connectivity index (χ0v) is 14.1. The van der Waals surface area contributed by atoms with Crippen molar-refractivity contribution in [3.63, 3.8) is 0 Å². The van der Waals surface area contributed by atoms with Crippen LogP contribution < -0.4 is 10.1 Å². The van der Waals surface area contributed by atoms with Gasteiger partial charge in [-0.2, -0.15) is 5.10 Å². The summed E-state index contributed by atoms with van der Waals surface area (Å²) in [5, 5.41) is 7.96. The molecule has 2 rings (SSSR count). The SMILES string of the molecule is CCCN1CCCC(CNC)C1c1c(C)nn(C)c1OC. The van der Waals surface area contributed by atoms with Crippen LogP contribution in [0.15, 0.2) is 0 Å². The quantitative estimate of drug-likeness (QED) is 0.873. The molecule has 1 aromatic heterocycles. The zero-order valence-electron chi connectivity index (χ0n) is 14.1. The molecule has 0 bridgehead atoms. The number of methoxy groups -OCH3 is 1. The van der Waals surface area contributed by atoms with Gasteiger partial charge in [0.15, 0.2) is 0 Å². The van der Waals surface area contributed by atoms with Gasteiger partial charge in [-0.3, -0.25) is 4.90 Å². The molecule has 1 N–H and O–H groups in total. The van der Waals surface area contributed by atoms with Crippen LogP contribution in [0.3, 0.4) is 0 Å². The second kappa shape index (κ2) is 7.27. The lowest BCUT2D eigenvalue weighted by Crippen LogP contribution is -2.42. The summed E-state index contributed by atoms with van der Waals surface area (Å²) in [6.07, 6.45) is 3.73. The molecule has 5 heteroatoms. The molecule has 2 atom stereocenters. The van der Waals surface area contributed by atoms with E-state index in [-0.39, 0.29) is 0 Å². The Balaban J connectivity index is 2.41. The van der Waals surface area contributed by atoms with Crippen LogP contribution in [0.5, 0.6) is 5.88 Å². The van der Waals surface area contributed by atoms with Gasteiger partial charge in [0.25, 0.3) is 0 Å². The normalized spacial score (nSPS) is 23.5. The molecule has 0 saturated carbocycles. The van der Waals surface area contributed by atoms with Crippen LogP contribution in [0.4, 0.5) is 0 Å². The summed E-state index contributed by atoms with van der Waals surface area (Å²) >= 11 is 0. The molecule has 0 radical (unpaired) electrons. The first-order valence-electron chi connectivity index (χ1n) is 8.10. The summed E-state index contributed by atoms with van der Waals surface area (Å²) in [7, 11) is 5.76. The van der Waals surface area contributed by atoms with E-state index in [1.165, 1.54) is 31.4 Å². The van der Waals surface area contributed by atoms with Crippen LogP contribution >= 0.6 is 0 Å². The van der Waals surface area contributed by atoms with E-state index >= 15 is 0 Å². The fourth-order valence-corrected chi connectivity index (χ4v) is 3.82. The van der Waals surface area contributed by atoms with Crippen LogP contribution in [0.2, 0.25) is 0 Å². The van der Waals surface area contributed by atoms with Crippen molar-refractivity contribution in [2.24, 2.45) is 13.0 Å². The monoisotopic (exact) mass is 294 g/mol. The van der Waals surface area contributed by atoms with Gasteiger partial charge < -0.3 is 10.1 Å². The minimum atomic E-state index is 0.412. The number of piperidine rings is 1. The first-order chi connectivity index (χ1) is 10.1. The van der Waals surface area contributed by atoms with Gasteiger partial charge in [-0.1, -0.05) is 6.92 Å². The molecule has 1 aliphatic rings. The number of aryl methyl sites for hydroxylation is 2. The molecule has 1 fully saturated rings. The Kier molecular flexibility index (Phi) is 5.65. The van der Waals surface area contributed by atoms with Crippen molar-refractivity contribution >= 4 is 0 Å². The Morgan fingerprint density at radius 2 is 2.19 bits per heavy atom. The smallest absolute Gasteiger partial charge is 0.216 e. The largest absolute Gasteiger partial charge is 0.481 e. The third-order valence-corrected chi connectivity index (χ3v) is 4.54. The lowest BCUT2D eigenvalue weighted by molar-refractivity contribution is 0.0897. The van der Waals surface area contributed by atoms with Gasteiger partial charge in [0.1, 0.15) is 0 Å². The van der Waals surface area contributed by atoms with Gasteiger partial charge in [0, 0.05) is 13.1 Å². The van der Waals surface area contributed by atoms with E-state index in [0.717, 1.165) is 24.7 Å². The van der Waals surface area contributed by atoms with Crippen molar-refractivity contribution in [2.75, 3.05) is 33.8 Å².